The van der Waals surface area contributed by atoms with E-state index >= 15 is 0 Å². The summed E-state index contributed by atoms with van der Waals surface area (Å²) < 4.78 is 5.03. The molecule has 7 heteroatoms. The molecule has 26 heavy (non-hydrogen) atoms. The molecule has 7 nitrogen and oxygen atoms in total. The Hall–Kier alpha value is -3.22. The van der Waals surface area contributed by atoms with E-state index in [0.29, 0.717) is 5.56 Å². The van der Waals surface area contributed by atoms with Gasteiger partial charge in [-0.05, 0) is 25.5 Å². The van der Waals surface area contributed by atoms with Crippen molar-refractivity contribution in [1.29, 1.82) is 0 Å². The highest BCUT2D eigenvalue weighted by Gasteiger charge is 2.27. The lowest BCUT2D eigenvalue weighted by Crippen LogP contribution is -2.43. The number of nitrogens with zero attached hydrogens (tertiary/aromatic N) is 1. The molecule has 136 valence electrons. The first kappa shape index (κ1) is 19.1. The first-order valence-corrected chi connectivity index (χ1v) is 8.19. The van der Waals surface area contributed by atoms with E-state index in [1.807, 2.05) is 30.3 Å². The van der Waals surface area contributed by atoms with E-state index in [0.717, 1.165) is 5.56 Å². The van der Waals surface area contributed by atoms with Crippen LogP contribution in [0.5, 0.6) is 0 Å². The number of hydrogen-bond acceptors (Lipinski definition) is 5. The van der Waals surface area contributed by atoms with Gasteiger partial charge in [-0.15, -0.1) is 0 Å². The Morgan fingerprint density at radius 3 is 2.46 bits per heavy atom. The molecule has 0 aliphatic heterocycles. The lowest BCUT2D eigenvalue weighted by Gasteiger charge is -2.17. The van der Waals surface area contributed by atoms with Crippen molar-refractivity contribution in [3.05, 3.63) is 75.3 Å². The highest BCUT2D eigenvalue weighted by molar-refractivity contribution is 6.00. The lowest BCUT2D eigenvalue weighted by atomic mass is 10.0. The van der Waals surface area contributed by atoms with Crippen LogP contribution >= 0.6 is 0 Å². The van der Waals surface area contributed by atoms with Crippen LogP contribution < -0.4 is 5.32 Å². The molecule has 0 aliphatic rings. The zero-order valence-electron chi connectivity index (χ0n) is 14.6. The number of rotatable bonds is 7. The Kier molecular flexibility index (Phi) is 6.43. The van der Waals surface area contributed by atoms with Crippen LogP contribution in [0.15, 0.2) is 48.5 Å². The molecule has 0 aromatic heterocycles. The fourth-order valence-electron chi connectivity index (χ4n) is 2.61. The summed E-state index contributed by atoms with van der Waals surface area (Å²) in [6.07, 6.45) is 0.227. The third-order valence-corrected chi connectivity index (χ3v) is 3.82. The summed E-state index contributed by atoms with van der Waals surface area (Å²) in [6, 6.07) is 12.7. The Labute approximate surface area is 151 Å². The number of esters is 1. The molecule has 0 saturated heterocycles. The van der Waals surface area contributed by atoms with Crippen LogP contribution in [0, 0.1) is 17.0 Å². The van der Waals surface area contributed by atoms with E-state index in [9.17, 15) is 19.7 Å². The maximum Gasteiger partial charge on any atom is 0.328 e. The van der Waals surface area contributed by atoms with Crippen LogP contribution in [0.1, 0.15) is 28.4 Å². The van der Waals surface area contributed by atoms with Crippen molar-refractivity contribution in [1.82, 2.24) is 5.32 Å². The van der Waals surface area contributed by atoms with Crippen molar-refractivity contribution in [3.63, 3.8) is 0 Å². The van der Waals surface area contributed by atoms with Crippen molar-refractivity contribution in [2.75, 3.05) is 6.61 Å². The number of para-hydroxylation sites is 1. The molecule has 2 rings (SSSR count). The third kappa shape index (κ3) is 4.66. The van der Waals surface area contributed by atoms with Crippen LogP contribution in [0.2, 0.25) is 0 Å². The second-order valence-electron chi connectivity index (χ2n) is 5.70. The van der Waals surface area contributed by atoms with Crippen molar-refractivity contribution in [2.45, 2.75) is 26.3 Å². The normalized spacial score (nSPS) is 11.5. The van der Waals surface area contributed by atoms with Gasteiger partial charge in [-0.2, -0.15) is 0 Å². The average molecular weight is 356 g/mol. The summed E-state index contributed by atoms with van der Waals surface area (Å²) in [6.45, 7) is 3.40. The maximum atomic E-state index is 12.6. The maximum absolute atomic E-state index is 12.6. The third-order valence-electron chi connectivity index (χ3n) is 3.82. The monoisotopic (exact) mass is 356 g/mol. The number of hydrogen-bond donors (Lipinski definition) is 1. The second kappa shape index (κ2) is 8.75. The molecule has 2 aromatic carbocycles. The number of ether oxygens (including phenoxy) is 1. The largest absolute Gasteiger partial charge is 0.464 e. The first-order chi connectivity index (χ1) is 12.4. The minimum atomic E-state index is -0.940. The highest BCUT2D eigenvalue weighted by atomic mass is 16.6. The molecule has 0 radical (unpaired) electrons. The molecule has 0 aliphatic carbocycles. The van der Waals surface area contributed by atoms with E-state index in [2.05, 4.69) is 5.32 Å². The molecule has 0 heterocycles. The zero-order valence-corrected chi connectivity index (χ0v) is 14.6. The molecule has 0 spiro atoms. The predicted molar refractivity (Wildman–Crippen MR) is 95.9 cm³/mol. The molecule has 1 N–H and O–H groups in total. The first-order valence-electron chi connectivity index (χ1n) is 8.19. The molecule has 2 aromatic rings. The summed E-state index contributed by atoms with van der Waals surface area (Å²) >= 11 is 0. The summed E-state index contributed by atoms with van der Waals surface area (Å²) in [7, 11) is 0. The predicted octanol–water partition coefficient (Wildman–Crippen LogP) is 2.81. The summed E-state index contributed by atoms with van der Waals surface area (Å²) in [5, 5.41) is 13.9. The number of nitro groups is 1. The minimum Gasteiger partial charge on any atom is -0.464 e. The Balaban J connectivity index is 2.28. The van der Waals surface area contributed by atoms with Crippen LogP contribution in [-0.2, 0) is 16.0 Å². The van der Waals surface area contributed by atoms with E-state index in [-0.39, 0.29) is 24.3 Å². The van der Waals surface area contributed by atoms with Gasteiger partial charge in [0.1, 0.15) is 11.6 Å². The molecule has 1 amide bonds. The molecule has 0 saturated carbocycles. The zero-order chi connectivity index (χ0) is 19.1. The lowest BCUT2D eigenvalue weighted by molar-refractivity contribution is -0.385. The van der Waals surface area contributed by atoms with Crippen LogP contribution in [0.4, 0.5) is 5.69 Å². The summed E-state index contributed by atoms with van der Waals surface area (Å²) in [5.74, 6) is -1.27. The van der Waals surface area contributed by atoms with Crippen molar-refractivity contribution < 1.29 is 19.2 Å². The molecule has 0 fully saturated rings. The molecule has 1 unspecified atom stereocenters. The van der Waals surface area contributed by atoms with Gasteiger partial charge in [0.2, 0.25) is 0 Å². The van der Waals surface area contributed by atoms with Gasteiger partial charge in [0.25, 0.3) is 11.6 Å². The SMILES string of the molecule is CCOC(=O)C(Cc1ccccc1)NC(=O)c1cccc(C)c1[N+](=O)[O-]. The number of nitro benzene ring substituents is 1. The van der Waals surface area contributed by atoms with E-state index in [4.69, 9.17) is 4.74 Å². The quantitative estimate of drug-likeness (QED) is 0.467. The van der Waals surface area contributed by atoms with Gasteiger partial charge in [-0.3, -0.25) is 14.9 Å². The number of carbonyl (C=O) groups excluding carboxylic acids is 2. The molecular weight excluding hydrogens is 336 g/mol. The Morgan fingerprint density at radius 1 is 1.15 bits per heavy atom. The Morgan fingerprint density at radius 2 is 1.85 bits per heavy atom. The number of aryl methyl sites for hydroxylation is 1. The van der Waals surface area contributed by atoms with Crippen LogP contribution in [0.25, 0.3) is 0 Å². The van der Waals surface area contributed by atoms with Crippen LogP contribution in [-0.4, -0.2) is 29.4 Å². The van der Waals surface area contributed by atoms with Crippen molar-refractivity contribution in [3.8, 4) is 0 Å². The van der Waals surface area contributed by atoms with Crippen molar-refractivity contribution >= 4 is 17.6 Å². The minimum absolute atomic E-state index is 0.0858. The van der Waals surface area contributed by atoms with Gasteiger partial charge in [0, 0.05) is 12.0 Å². The second-order valence-corrected chi connectivity index (χ2v) is 5.70. The van der Waals surface area contributed by atoms with Gasteiger partial charge >= 0.3 is 5.97 Å². The van der Waals surface area contributed by atoms with Crippen molar-refractivity contribution in [2.24, 2.45) is 0 Å². The van der Waals surface area contributed by atoms with Gasteiger partial charge < -0.3 is 10.1 Å². The van der Waals surface area contributed by atoms with Gasteiger partial charge in [0.05, 0.1) is 11.5 Å². The smallest absolute Gasteiger partial charge is 0.328 e. The molecule has 1 atom stereocenters. The number of benzene rings is 2. The Bertz CT molecular complexity index is 805. The molecule has 0 bridgehead atoms. The number of amides is 1. The van der Waals surface area contributed by atoms with Crippen LogP contribution in [0.3, 0.4) is 0 Å². The van der Waals surface area contributed by atoms with E-state index < -0.39 is 22.8 Å². The number of carbonyl (C=O) groups is 2. The average Bonchev–Trinajstić information content (AvgIpc) is 2.61. The standard InChI is InChI=1S/C19H20N2O5/c1-3-26-19(23)16(12-14-9-5-4-6-10-14)20-18(22)15-11-7-8-13(2)17(15)21(24)25/h4-11,16H,3,12H2,1-2H3,(H,20,22). The summed E-state index contributed by atoms with van der Waals surface area (Å²) in [5.41, 5.74) is 0.854. The highest BCUT2D eigenvalue weighted by Crippen LogP contribution is 2.23. The number of nitrogens with one attached hydrogen (secondary N) is 1. The fourth-order valence-corrected chi connectivity index (χ4v) is 2.61. The van der Waals surface area contributed by atoms with Gasteiger partial charge in [0.15, 0.2) is 0 Å². The van der Waals surface area contributed by atoms with E-state index in [1.165, 1.54) is 6.07 Å². The summed E-state index contributed by atoms with van der Waals surface area (Å²) in [4.78, 5) is 35.5. The van der Waals surface area contributed by atoms with Gasteiger partial charge in [-0.1, -0.05) is 42.5 Å². The molecular formula is C19H20N2O5. The van der Waals surface area contributed by atoms with Gasteiger partial charge in [-0.25, -0.2) is 4.79 Å². The fraction of sp³-hybridized carbons (Fsp3) is 0.263. The topological polar surface area (TPSA) is 98.5 Å². The van der Waals surface area contributed by atoms with E-state index in [1.54, 1.807) is 26.0 Å².